The van der Waals surface area contributed by atoms with Gasteiger partial charge in [-0.05, 0) is 24.3 Å². The SMILES string of the molecule is CC(=O)Nc1ccc(N/C=C(/C#N)C(=O)N2CCN(C(C)=O)CC2)cc1. The molecule has 0 aliphatic carbocycles. The summed E-state index contributed by atoms with van der Waals surface area (Å²) in [4.78, 5) is 38.0. The van der Waals surface area contributed by atoms with Crippen LogP contribution in [0.15, 0.2) is 36.0 Å². The largest absolute Gasteiger partial charge is 0.360 e. The summed E-state index contributed by atoms with van der Waals surface area (Å²) < 4.78 is 0. The maximum atomic E-state index is 12.4. The molecule has 0 spiro atoms. The van der Waals surface area contributed by atoms with Gasteiger partial charge in [0, 0.05) is 57.6 Å². The summed E-state index contributed by atoms with van der Waals surface area (Å²) in [5.41, 5.74) is 1.33. The third kappa shape index (κ3) is 5.08. The average Bonchev–Trinajstić information content (AvgIpc) is 2.63. The Morgan fingerprint density at radius 1 is 1.00 bits per heavy atom. The predicted molar refractivity (Wildman–Crippen MR) is 96.9 cm³/mol. The van der Waals surface area contributed by atoms with Crippen LogP contribution in [0, 0.1) is 11.3 Å². The minimum Gasteiger partial charge on any atom is -0.360 e. The molecule has 1 heterocycles. The highest BCUT2D eigenvalue weighted by Crippen LogP contribution is 2.14. The Morgan fingerprint density at radius 3 is 2.04 bits per heavy atom. The molecule has 0 bridgehead atoms. The van der Waals surface area contributed by atoms with Gasteiger partial charge in [-0.25, -0.2) is 0 Å². The fourth-order valence-corrected chi connectivity index (χ4v) is 2.55. The maximum Gasteiger partial charge on any atom is 0.266 e. The quantitative estimate of drug-likeness (QED) is 0.623. The van der Waals surface area contributed by atoms with Crippen LogP contribution in [0.25, 0.3) is 0 Å². The molecule has 8 nitrogen and oxygen atoms in total. The third-order valence-corrected chi connectivity index (χ3v) is 3.95. The van der Waals surface area contributed by atoms with Crippen molar-refractivity contribution in [3.05, 3.63) is 36.0 Å². The number of rotatable bonds is 4. The van der Waals surface area contributed by atoms with E-state index in [4.69, 9.17) is 0 Å². The van der Waals surface area contributed by atoms with Crippen molar-refractivity contribution >= 4 is 29.1 Å². The van der Waals surface area contributed by atoms with Crippen molar-refractivity contribution in [1.82, 2.24) is 9.80 Å². The zero-order valence-electron chi connectivity index (χ0n) is 14.8. The first-order chi connectivity index (χ1) is 12.4. The maximum absolute atomic E-state index is 12.4. The van der Waals surface area contributed by atoms with Crippen LogP contribution in [0.1, 0.15) is 13.8 Å². The molecular weight excluding hydrogens is 334 g/mol. The number of amides is 3. The molecule has 0 unspecified atom stereocenters. The second kappa shape index (κ2) is 8.67. The van der Waals surface area contributed by atoms with Crippen molar-refractivity contribution in [2.75, 3.05) is 36.8 Å². The van der Waals surface area contributed by atoms with Gasteiger partial charge in [0.25, 0.3) is 5.91 Å². The molecule has 0 atom stereocenters. The molecule has 0 aromatic heterocycles. The number of piperazine rings is 1. The van der Waals surface area contributed by atoms with Gasteiger partial charge in [0.15, 0.2) is 0 Å². The summed E-state index contributed by atoms with van der Waals surface area (Å²) in [6, 6.07) is 8.80. The predicted octanol–water partition coefficient (Wildman–Crippen LogP) is 1.16. The molecular formula is C18H21N5O3. The zero-order chi connectivity index (χ0) is 19.1. The molecule has 136 valence electrons. The van der Waals surface area contributed by atoms with Crippen LogP contribution in [-0.2, 0) is 14.4 Å². The van der Waals surface area contributed by atoms with Gasteiger partial charge >= 0.3 is 0 Å². The zero-order valence-corrected chi connectivity index (χ0v) is 14.8. The first-order valence-electron chi connectivity index (χ1n) is 8.20. The van der Waals surface area contributed by atoms with Gasteiger partial charge in [-0.2, -0.15) is 5.26 Å². The van der Waals surface area contributed by atoms with Crippen LogP contribution >= 0.6 is 0 Å². The Bertz CT molecular complexity index is 756. The second-order valence-electron chi connectivity index (χ2n) is 5.87. The van der Waals surface area contributed by atoms with E-state index >= 15 is 0 Å². The van der Waals surface area contributed by atoms with E-state index < -0.39 is 0 Å². The monoisotopic (exact) mass is 355 g/mol. The fourth-order valence-electron chi connectivity index (χ4n) is 2.55. The van der Waals surface area contributed by atoms with Gasteiger partial charge in [0.2, 0.25) is 11.8 Å². The highest BCUT2D eigenvalue weighted by atomic mass is 16.2. The van der Waals surface area contributed by atoms with E-state index in [0.29, 0.717) is 37.6 Å². The van der Waals surface area contributed by atoms with E-state index in [1.807, 2.05) is 6.07 Å². The highest BCUT2D eigenvalue weighted by Gasteiger charge is 2.24. The smallest absolute Gasteiger partial charge is 0.266 e. The lowest BCUT2D eigenvalue weighted by Gasteiger charge is -2.34. The normalized spacial score (nSPS) is 14.4. The first-order valence-corrected chi connectivity index (χ1v) is 8.20. The van der Waals surface area contributed by atoms with Crippen molar-refractivity contribution in [3.8, 4) is 6.07 Å². The van der Waals surface area contributed by atoms with E-state index in [1.165, 1.54) is 20.0 Å². The number of hydrogen-bond donors (Lipinski definition) is 2. The first kappa shape index (κ1) is 19.0. The Morgan fingerprint density at radius 2 is 1.54 bits per heavy atom. The topological polar surface area (TPSA) is 106 Å². The van der Waals surface area contributed by atoms with Gasteiger partial charge in [-0.15, -0.1) is 0 Å². The summed E-state index contributed by atoms with van der Waals surface area (Å²) >= 11 is 0. The molecule has 2 N–H and O–H groups in total. The number of benzene rings is 1. The number of nitrogens with one attached hydrogen (secondary N) is 2. The Labute approximate surface area is 152 Å². The summed E-state index contributed by atoms with van der Waals surface area (Å²) in [6.07, 6.45) is 1.37. The van der Waals surface area contributed by atoms with Crippen LogP contribution in [0.3, 0.4) is 0 Å². The molecule has 1 aromatic carbocycles. The van der Waals surface area contributed by atoms with Crippen molar-refractivity contribution in [2.24, 2.45) is 0 Å². The number of carbonyl (C=O) groups is 3. The molecule has 8 heteroatoms. The molecule has 0 radical (unpaired) electrons. The molecule has 26 heavy (non-hydrogen) atoms. The molecule has 2 rings (SSSR count). The Kier molecular flexibility index (Phi) is 6.33. The summed E-state index contributed by atoms with van der Waals surface area (Å²) in [7, 11) is 0. The lowest BCUT2D eigenvalue weighted by atomic mass is 10.2. The number of carbonyl (C=O) groups excluding carboxylic acids is 3. The van der Waals surface area contributed by atoms with E-state index in [-0.39, 0.29) is 23.3 Å². The van der Waals surface area contributed by atoms with E-state index in [0.717, 1.165) is 0 Å². The van der Waals surface area contributed by atoms with Gasteiger partial charge < -0.3 is 20.4 Å². The average molecular weight is 355 g/mol. The number of anilines is 2. The standard InChI is InChI=1S/C18H21N5O3/c1-13(24)21-17-5-3-16(4-6-17)20-12-15(11-19)18(26)23-9-7-22(8-10-23)14(2)25/h3-6,12,20H,7-10H2,1-2H3,(H,21,24)/b15-12-. The van der Waals surface area contributed by atoms with Crippen molar-refractivity contribution in [1.29, 1.82) is 5.26 Å². The lowest BCUT2D eigenvalue weighted by molar-refractivity contribution is -0.136. The lowest BCUT2D eigenvalue weighted by Crippen LogP contribution is -2.50. The number of nitriles is 1. The van der Waals surface area contributed by atoms with Crippen molar-refractivity contribution in [3.63, 3.8) is 0 Å². The van der Waals surface area contributed by atoms with Crippen LogP contribution in [0.2, 0.25) is 0 Å². The van der Waals surface area contributed by atoms with Gasteiger partial charge in [-0.1, -0.05) is 0 Å². The van der Waals surface area contributed by atoms with E-state index in [1.54, 1.807) is 34.1 Å². The number of nitrogens with zero attached hydrogens (tertiary/aromatic N) is 3. The molecule has 1 aliphatic heterocycles. The van der Waals surface area contributed by atoms with Gasteiger partial charge in [0.05, 0.1) is 0 Å². The molecule has 1 aliphatic rings. The van der Waals surface area contributed by atoms with Crippen LogP contribution in [-0.4, -0.2) is 53.7 Å². The fraction of sp³-hybridized carbons (Fsp3) is 0.333. The van der Waals surface area contributed by atoms with E-state index in [9.17, 15) is 19.6 Å². The van der Waals surface area contributed by atoms with Crippen LogP contribution in [0.5, 0.6) is 0 Å². The Balaban J connectivity index is 1.97. The van der Waals surface area contributed by atoms with Crippen molar-refractivity contribution in [2.45, 2.75) is 13.8 Å². The Hall–Kier alpha value is -3.34. The van der Waals surface area contributed by atoms with Crippen LogP contribution < -0.4 is 10.6 Å². The molecule has 1 saturated heterocycles. The summed E-state index contributed by atoms with van der Waals surface area (Å²) in [5, 5.41) is 14.8. The van der Waals surface area contributed by atoms with Crippen molar-refractivity contribution < 1.29 is 14.4 Å². The third-order valence-electron chi connectivity index (χ3n) is 3.95. The number of hydrogen-bond acceptors (Lipinski definition) is 5. The molecule has 1 fully saturated rings. The summed E-state index contributed by atoms with van der Waals surface area (Å²) in [6.45, 7) is 4.68. The highest BCUT2D eigenvalue weighted by molar-refractivity contribution is 5.97. The van der Waals surface area contributed by atoms with Crippen LogP contribution in [0.4, 0.5) is 11.4 Å². The van der Waals surface area contributed by atoms with E-state index in [2.05, 4.69) is 10.6 Å². The van der Waals surface area contributed by atoms with Gasteiger partial charge in [0.1, 0.15) is 11.6 Å². The molecule has 0 saturated carbocycles. The minimum absolute atomic E-state index is 0.00721. The van der Waals surface area contributed by atoms with Gasteiger partial charge in [-0.3, -0.25) is 14.4 Å². The minimum atomic E-state index is -0.363. The molecule has 3 amide bonds. The molecule has 1 aromatic rings. The summed E-state index contributed by atoms with van der Waals surface area (Å²) in [5.74, 6) is -0.538. The second-order valence-corrected chi connectivity index (χ2v) is 5.87.